The van der Waals surface area contributed by atoms with Gasteiger partial charge in [-0.1, -0.05) is 44.2 Å². The minimum atomic E-state index is -0.426. The van der Waals surface area contributed by atoms with E-state index in [1.54, 1.807) is 13.2 Å². The number of aromatic nitrogens is 1. The molecule has 2 aromatic carbocycles. The number of thioether (sulfide) groups is 1. The van der Waals surface area contributed by atoms with Crippen LogP contribution >= 0.6 is 11.8 Å². The molecule has 1 N–H and O–H groups in total. The number of hydrogen-bond acceptors (Lipinski definition) is 6. The maximum atomic E-state index is 12.8. The van der Waals surface area contributed by atoms with Gasteiger partial charge in [-0.25, -0.2) is 0 Å². The van der Waals surface area contributed by atoms with Gasteiger partial charge in [0.15, 0.2) is 17.3 Å². The molecular weight excluding hydrogens is 462 g/mol. The zero-order valence-electron chi connectivity index (χ0n) is 19.7. The van der Waals surface area contributed by atoms with Crippen LogP contribution in [-0.2, 0) is 11.3 Å². The van der Waals surface area contributed by atoms with Gasteiger partial charge in [-0.2, -0.15) is 15.1 Å². The largest absolute Gasteiger partial charge is 0.493 e. The van der Waals surface area contributed by atoms with Gasteiger partial charge in [0.2, 0.25) is 5.17 Å². The molecule has 0 saturated heterocycles. The fourth-order valence-corrected chi connectivity index (χ4v) is 4.86. The van der Waals surface area contributed by atoms with Crippen molar-refractivity contribution in [3.05, 3.63) is 65.9 Å². The number of methoxy groups -OCH3 is 1. The van der Waals surface area contributed by atoms with E-state index in [1.807, 2.05) is 68.6 Å². The van der Waals surface area contributed by atoms with Gasteiger partial charge in [0.05, 0.1) is 19.2 Å². The van der Waals surface area contributed by atoms with Gasteiger partial charge in [-0.15, -0.1) is 0 Å². The van der Waals surface area contributed by atoms with E-state index in [0.717, 1.165) is 21.5 Å². The van der Waals surface area contributed by atoms with E-state index >= 15 is 0 Å². The van der Waals surface area contributed by atoms with Gasteiger partial charge in [0.25, 0.3) is 5.91 Å². The summed E-state index contributed by atoms with van der Waals surface area (Å²) < 4.78 is 13.4. The average molecular weight is 488 g/mol. The van der Waals surface area contributed by atoms with Crippen LogP contribution in [0, 0.1) is 11.3 Å². The molecule has 0 bridgehead atoms. The monoisotopic (exact) mass is 487 g/mol. The van der Waals surface area contributed by atoms with Crippen LogP contribution in [0.15, 0.2) is 70.4 Å². The molecule has 1 aromatic heterocycles. The molecule has 3 heterocycles. The number of benzene rings is 2. The summed E-state index contributed by atoms with van der Waals surface area (Å²) in [6.07, 6.45) is 3.71. The Kier molecular flexibility index (Phi) is 6.17. The third kappa shape index (κ3) is 4.35. The molecule has 0 unspecified atom stereocenters. The number of carbonyl (C=O) groups is 1. The van der Waals surface area contributed by atoms with E-state index in [1.165, 1.54) is 16.8 Å². The summed E-state index contributed by atoms with van der Waals surface area (Å²) in [5, 5.41) is 16.9. The van der Waals surface area contributed by atoms with Crippen molar-refractivity contribution in [1.82, 2.24) is 9.58 Å². The van der Waals surface area contributed by atoms with Crippen molar-refractivity contribution in [2.24, 2.45) is 16.0 Å². The van der Waals surface area contributed by atoms with Crippen molar-refractivity contribution in [2.75, 3.05) is 13.7 Å². The summed E-state index contributed by atoms with van der Waals surface area (Å²) in [4.78, 5) is 17.0. The average Bonchev–Trinajstić information content (AvgIpc) is 3.44. The molecule has 8 nitrogen and oxygen atoms in total. The summed E-state index contributed by atoms with van der Waals surface area (Å²) in [7, 11) is 1.62. The summed E-state index contributed by atoms with van der Waals surface area (Å²) in [5.74, 6) is 1.19. The molecule has 0 spiro atoms. The number of hydrazone groups is 1. The molecule has 2 aliphatic rings. The Morgan fingerprint density at radius 2 is 1.86 bits per heavy atom. The van der Waals surface area contributed by atoms with Crippen LogP contribution in [0.2, 0.25) is 0 Å². The maximum Gasteiger partial charge on any atom is 0.283 e. The van der Waals surface area contributed by atoms with E-state index in [0.29, 0.717) is 29.8 Å². The second-order valence-electron chi connectivity index (χ2n) is 8.41. The number of para-hydroxylation sites is 3. The number of aliphatic imine (C=N–C) groups is 1. The third-order valence-corrected chi connectivity index (χ3v) is 6.95. The lowest BCUT2D eigenvalue weighted by Gasteiger charge is -2.20. The van der Waals surface area contributed by atoms with Crippen molar-refractivity contribution in [2.45, 2.75) is 20.4 Å². The predicted octanol–water partition coefficient (Wildman–Crippen LogP) is 5.00. The molecule has 178 valence electrons. The van der Waals surface area contributed by atoms with Crippen LogP contribution in [0.25, 0.3) is 17.0 Å². The van der Waals surface area contributed by atoms with Crippen molar-refractivity contribution < 1.29 is 14.3 Å². The first-order valence-corrected chi connectivity index (χ1v) is 12.1. The second kappa shape index (κ2) is 9.42. The fourth-order valence-electron chi connectivity index (χ4n) is 3.96. The highest BCUT2D eigenvalue weighted by Gasteiger charge is 2.36. The summed E-state index contributed by atoms with van der Waals surface area (Å²) in [5.41, 5.74) is 2.07. The molecule has 5 rings (SSSR count). The van der Waals surface area contributed by atoms with E-state index in [-0.39, 0.29) is 17.3 Å². The lowest BCUT2D eigenvalue weighted by Crippen LogP contribution is -2.35. The fraction of sp³-hybridized carbons (Fsp3) is 0.231. The third-order valence-electron chi connectivity index (χ3n) is 5.74. The first-order valence-electron chi connectivity index (χ1n) is 11.3. The number of hydrogen-bond donors (Lipinski definition) is 1. The first-order chi connectivity index (χ1) is 17.0. The summed E-state index contributed by atoms with van der Waals surface area (Å²) >= 11 is 1.35. The van der Waals surface area contributed by atoms with Gasteiger partial charge >= 0.3 is 0 Å². The number of fused-ring (bicyclic) bond motifs is 2. The van der Waals surface area contributed by atoms with Crippen molar-refractivity contribution in [1.29, 1.82) is 5.41 Å². The Morgan fingerprint density at radius 3 is 2.63 bits per heavy atom. The van der Waals surface area contributed by atoms with Crippen LogP contribution in [0.5, 0.6) is 11.5 Å². The van der Waals surface area contributed by atoms with E-state index < -0.39 is 5.91 Å². The quantitative estimate of drug-likeness (QED) is 0.473. The number of nitrogens with one attached hydrogen (secondary N) is 1. The summed E-state index contributed by atoms with van der Waals surface area (Å²) in [6, 6.07) is 15.5. The lowest BCUT2D eigenvalue weighted by molar-refractivity contribution is -0.114. The molecule has 0 atom stereocenters. The smallest absolute Gasteiger partial charge is 0.283 e. The topological polar surface area (TPSA) is 92.3 Å². The van der Waals surface area contributed by atoms with Crippen LogP contribution in [-0.4, -0.2) is 45.2 Å². The second-order valence-corrected chi connectivity index (χ2v) is 9.39. The van der Waals surface area contributed by atoms with Crippen molar-refractivity contribution >= 4 is 50.7 Å². The number of nitrogens with zero attached hydrogens (tertiary/aromatic N) is 4. The highest BCUT2D eigenvalue weighted by atomic mass is 32.2. The molecule has 9 heteroatoms. The van der Waals surface area contributed by atoms with E-state index in [4.69, 9.17) is 14.9 Å². The Labute approximate surface area is 207 Å². The van der Waals surface area contributed by atoms with E-state index in [9.17, 15) is 4.79 Å². The van der Waals surface area contributed by atoms with Crippen molar-refractivity contribution in [3.8, 4) is 11.5 Å². The zero-order valence-corrected chi connectivity index (χ0v) is 20.5. The van der Waals surface area contributed by atoms with Crippen LogP contribution in [0.1, 0.15) is 19.4 Å². The molecule has 2 aliphatic heterocycles. The number of carbonyl (C=O) groups excluding carboxylic acids is 1. The zero-order chi connectivity index (χ0) is 24.5. The van der Waals surface area contributed by atoms with Gasteiger partial charge < -0.3 is 14.0 Å². The SMILES string of the molecule is COc1ccccc1OCCn1cc(C=C2C(=N)N3N=C(C(C)C)SC3=NC2=O)c2ccccc21. The molecule has 3 aromatic rings. The Bertz CT molecular complexity index is 1420. The van der Waals surface area contributed by atoms with Gasteiger partial charge in [-0.3, -0.25) is 10.2 Å². The Hall–Kier alpha value is -3.85. The lowest BCUT2D eigenvalue weighted by atomic mass is 10.1. The van der Waals surface area contributed by atoms with E-state index in [2.05, 4.69) is 14.7 Å². The molecule has 0 saturated carbocycles. The Morgan fingerprint density at radius 1 is 1.11 bits per heavy atom. The van der Waals surface area contributed by atoms with Crippen LogP contribution in [0.4, 0.5) is 0 Å². The minimum absolute atomic E-state index is 0.0412. The number of amidine groups is 2. The van der Waals surface area contributed by atoms with Crippen molar-refractivity contribution in [3.63, 3.8) is 0 Å². The maximum absolute atomic E-state index is 12.8. The predicted molar refractivity (Wildman–Crippen MR) is 140 cm³/mol. The number of amides is 1. The van der Waals surface area contributed by atoms with Crippen LogP contribution < -0.4 is 9.47 Å². The number of rotatable bonds is 7. The summed E-state index contributed by atoms with van der Waals surface area (Å²) in [6.45, 7) is 5.09. The standard InChI is InChI=1S/C26H25N5O3S/c1-16(2)25-29-31-23(27)19(24(32)28-26(31)35-25)14-17-15-30(20-9-5-4-8-18(17)20)12-13-34-22-11-7-6-10-21(22)33-3/h4-11,14-16,27H,12-13H2,1-3H3. The Balaban J connectivity index is 1.43. The molecule has 0 fully saturated rings. The molecule has 35 heavy (non-hydrogen) atoms. The molecule has 0 aliphatic carbocycles. The van der Waals surface area contributed by atoms with Crippen LogP contribution in [0.3, 0.4) is 0 Å². The first kappa shape index (κ1) is 22.9. The molecular formula is C26H25N5O3S. The number of ether oxygens (including phenoxy) is 2. The van der Waals surface area contributed by atoms with Gasteiger partial charge in [-0.05, 0) is 36.0 Å². The highest BCUT2D eigenvalue weighted by molar-refractivity contribution is 8.27. The van der Waals surface area contributed by atoms with Gasteiger partial charge in [0, 0.05) is 28.6 Å². The normalized spacial score (nSPS) is 16.7. The molecule has 0 radical (unpaired) electrons. The minimum Gasteiger partial charge on any atom is -0.493 e. The van der Waals surface area contributed by atoms with Gasteiger partial charge in [0.1, 0.15) is 11.7 Å². The molecule has 1 amide bonds. The highest BCUT2D eigenvalue weighted by Crippen LogP contribution is 2.32.